The van der Waals surface area contributed by atoms with E-state index in [-0.39, 0.29) is 29.9 Å². The lowest BCUT2D eigenvalue weighted by Crippen LogP contribution is -2.31. The number of amides is 2. The molecule has 0 saturated carbocycles. The molecule has 1 atom stereocenters. The molecule has 2 aromatic carbocycles. The Kier molecular flexibility index (Phi) is 6.63. The van der Waals surface area contributed by atoms with Gasteiger partial charge in [-0.1, -0.05) is 47.6 Å². The number of rotatable bonds is 5. The fraction of sp³-hybridized carbons (Fsp3) is 0.227. The molecular weight excluding hydrogens is 406 g/mol. The van der Waals surface area contributed by atoms with Gasteiger partial charge in [-0.15, -0.1) is 0 Å². The number of anilines is 1. The zero-order valence-electron chi connectivity index (χ0n) is 16.1. The average molecular weight is 426 g/mol. The maximum atomic E-state index is 12.4. The number of nitrogens with zero attached hydrogens (tertiary/aromatic N) is 1. The van der Waals surface area contributed by atoms with Crippen molar-refractivity contribution in [3.8, 4) is 6.07 Å². The van der Waals surface area contributed by atoms with E-state index >= 15 is 0 Å². The van der Waals surface area contributed by atoms with Crippen molar-refractivity contribution in [2.24, 2.45) is 0 Å². The Hall–Kier alpha value is -2.75. The first-order chi connectivity index (χ1) is 13.9. The van der Waals surface area contributed by atoms with Gasteiger partial charge in [0.2, 0.25) is 11.8 Å². The van der Waals surface area contributed by atoms with Crippen LogP contribution >= 0.6 is 23.4 Å². The smallest absolute Gasteiger partial charge is 0.234 e. The number of nitriles is 1. The summed E-state index contributed by atoms with van der Waals surface area (Å²) in [6.07, 6.45) is 0.184. The molecule has 0 spiro atoms. The van der Waals surface area contributed by atoms with Gasteiger partial charge in [0, 0.05) is 23.0 Å². The summed E-state index contributed by atoms with van der Waals surface area (Å²) in [5.74, 6) is -0.644. The van der Waals surface area contributed by atoms with E-state index in [1.165, 1.54) is 0 Å². The van der Waals surface area contributed by atoms with Gasteiger partial charge in [0.05, 0.1) is 22.4 Å². The molecule has 29 heavy (non-hydrogen) atoms. The molecule has 2 N–H and O–H groups in total. The van der Waals surface area contributed by atoms with Gasteiger partial charge in [0.25, 0.3) is 0 Å². The Morgan fingerprint density at radius 3 is 2.69 bits per heavy atom. The van der Waals surface area contributed by atoms with Crippen molar-refractivity contribution in [3.05, 3.63) is 74.8 Å². The van der Waals surface area contributed by atoms with Crippen LogP contribution in [0.5, 0.6) is 0 Å². The van der Waals surface area contributed by atoms with E-state index in [0.717, 1.165) is 34.1 Å². The fourth-order valence-electron chi connectivity index (χ4n) is 3.11. The van der Waals surface area contributed by atoms with E-state index in [4.69, 9.17) is 11.6 Å². The quantitative estimate of drug-likeness (QED) is 0.729. The van der Waals surface area contributed by atoms with Gasteiger partial charge in [-0.05, 0) is 48.7 Å². The molecule has 0 saturated heterocycles. The monoisotopic (exact) mass is 425 g/mol. The molecular formula is C22H20ClN3O2S. The van der Waals surface area contributed by atoms with E-state index < -0.39 is 0 Å². The predicted octanol–water partition coefficient (Wildman–Crippen LogP) is 4.67. The summed E-state index contributed by atoms with van der Waals surface area (Å²) in [6.45, 7) is 3.89. The fourth-order valence-corrected chi connectivity index (χ4v) is 4.11. The first kappa shape index (κ1) is 21.0. The highest BCUT2D eigenvalue weighted by Crippen LogP contribution is 2.36. The van der Waals surface area contributed by atoms with Crippen LogP contribution in [0, 0.1) is 25.2 Å². The van der Waals surface area contributed by atoms with Crippen molar-refractivity contribution in [3.63, 3.8) is 0 Å². The summed E-state index contributed by atoms with van der Waals surface area (Å²) in [6, 6.07) is 15.2. The minimum atomic E-state index is -0.351. The Morgan fingerprint density at radius 1 is 1.28 bits per heavy atom. The molecule has 1 heterocycles. The van der Waals surface area contributed by atoms with Gasteiger partial charge in [0.1, 0.15) is 0 Å². The lowest BCUT2D eigenvalue weighted by molar-refractivity contribution is -0.121. The standard InChI is InChI=1S/C22H20ClN3O2S/c1-13-3-4-14(2)19(9-13)25-21(28)12-29-22-18(11-24)17(10-20(27)26-22)15-5-7-16(23)8-6-15/h3-9,17H,10,12H2,1-2H3,(H,25,28)(H,26,27)/t17-/m1/s1. The number of aryl methyl sites for hydroxylation is 2. The van der Waals surface area contributed by atoms with E-state index in [1.807, 2.05) is 44.2 Å². The summed E-state index contributed by atoms with van der Waals surface area (Å²) in [7, 11) is 0. The summed E-state index contributed by atoms with van der Waals surface area (Å²) >= 11 is 7.11. The largest absolute Gasteiger partial charge is 0.325 e. The maximum Gasteiger partial charge on any atom is 0.234 e. The minimum absolute atomic E-state index is 0.0848. The van der Waals surface area contributed by atoms with Crippen LogP contribution in [0.2, 0.25) is 5.02 Å². The highest BCUT2D eigenvalue weighted by atomic mass is 35.5. The van der Waals surface area contributed by atoms with Gasteiger partial charge in [-0.3, -0.25) is 9.59 Å². The van der Waals surface area contributed by atoms with Gasteiger partial charge in [0.15, 0.2) is 0 Å². The number of thioether (sulfide) groups is 1. The molecule has 1 aliphatic heterocycles. The molecule has 0 fully saturated rings. The van der Waals surface area contributed by atoms with Crippen LogP contribution in [0.3, 0.4) is 0 Å². The van der Waals surface area contributed by atoms with Gasteiger partial charge in [-0.25, -0.2) is 0 Å². The third-order valence-corrected chi connectivity index (χ3v) is 5.91. The molecule has 0 aromatic heterocycles. The third kappa shape index (κ3) is 5.20. The molecule has 2 amide bonds. The molecule has 148 valence electrons. The second kappa shape index (κ2) is 9.17. The second-order valence-electron chi connectivity index (χ2n) is 6.87. The van der Waals surface area contributed by atoms with Crippen molar-refractivity contribution in [1.82, 2.24) is 5.32 Å². The molecule has 0 aliphatic carbocycles. The normalized spacial score (nSPS) is 16.2. The molecule has 0 bridgehead atoms. The van der Waals surface area contributed by atoms with Crippen molar-refractivity contribution >= 4 is 40.9 Å². The molecule has 0 unspecified atom stereocenters. The number of halogens is 1. The van der Waals surface area contributed by atoms with Crippen LogP contribution in [-0.4, -0.2) is 17.6 Å². The summed E-state index contributed by atoms with van der Waals surface area (Å²) in [5, 5.41) is 16.4. The number of carbonyl (C=O) groups excluding carboxylic acids is 2. The lowest BCUT2D eigenvalue weighted by atomic mass is 9.87. The highest BCUT2D eigenvalue weighted by molar-refractivity contribution is 8.03. The van der Waals surface area contributed by atoms with E-state index in [0.29, 0.717) is 15.6 Å². The first-order valence-corrected chi connectivity index (χ1v) is 10.4. The lowest BCUT2D eigenvalue weighted by Gasteiger charge is -2.25. The Balaban J connectivity index is 1.76. The zero-order chi connectivity index (χ0) is 21.0. The predicted molar refractivity (Wildman–Crippen MR) is 117 cm³/mol. The summed E-state index contributed by atoms with van der Waals surface area (Å²) in [5.41, 5.74) is 4.09. The minimum Gasteiger partial charge on any atom is -0.325 e. The highest BCUT2D eigenvalue weighted by Gasteiger charge is 2.29. The average Bonchev–Trinajstić information content (AvgIpc) is 2.69. The van der Waals surface area contributed by atoms with Gasteiger partial charge >= 0.3 is 0 Å². The summed E-state index contributed by atoms with van der Waals surface area (Å²) in [4.78, 5) is 24.6. The Morgan fingerprint density at radius 2 is 2.00 bits per heavy atom. The topological polar surface area (TPSA) is 82.0 Å². The van der Waals surface area contributed by atoms with Crippen LogP contribution in [0.1, 0.15) is 29.0 Å². The summed E-state index contributed by atoms with van der Waals surface area (Å²) < 4.78 is 0. The molecule has 0 radical (unpaired) electrons. The molecule has 5 nitrogen and oxygen atoms in total. The van der Waals surface area contributed by atoms with Crippen LogP contribution in [0.15, 0.2) is 53.1 Å². The number of allylic oxidation sites excluding steroid dienone is 1. The second-order valence-corrected chi connectivity index (χ2v) is 8.29. The van der Waals surface area contributed by atoms with E-state index in [9.17, 15) is 14.9 Å². The van der Waals surface area contributed by atoms with Crippen LogP contribution in [0.25, 0.3) is 0 Å². The molecule has 2 aromatic rings. The molecule has 1 aliphatic rings. The van der Waals surface area contributed by atoms with E-state index in [1.54, 1.807) is 12.1 Å². The van der Waals surface area contributed by atoms with Crippen LogP contribution in [-0.2, 0) is 9.59 Å². The number of nitrogens with one attached hydrogen (secondary N) is 2. The van der Waals surface area contributed by atoms with Crippen molar-refractivity contribution in [2.45, 2.75) is 26.2 Å². The maximum absolute atomic E-state index is 12.4. The Labute approximate surface area is 179 Å². The Bertz CT molecular complexity index is 1030. The van der Waals surface area contributed by atoms with Crippen molar-refractivity contribution in [2.75, 3.05) is 11.1 Å². The van der Waals surface area contributed by atoms with Gasteiger partial charge < -0.3 is 10.6 Å². The number of hydrogen-bond acceptors (Lipinski definition) is 4. The zero-order valence-corrected chi connectivity index (χ0v) is 17.7. The number of hydrogen-bond donors (Lipinski definition) is 2. The van der Waals surface area contributed by atoms with Crippen molar-refractivity contribution < 1.29 is 9.59 Å². The van der Waals surface area contributed by atoms with Crippen LogP contribution in [0.4, 0.5) is 5.69 Å². The third-order valence-electron chi connectivity index (χ3n) is 4.64. The van der Waals surface area contributed by atoms with Crippen LogP contribution < -0.4 is 10.6 Å². The first-order valence-electron chi connectivity index (χ1n) is 9.07. The van der Waals surface area contributed by atoms with E-state index in [2.05, 4.69) is 16.7 Å². The van der Waals surface area contributed by atoms with Crippen molar-refractivity contribution in [1.29, 1.82) is 5.26 Å². The van der Waals surface area contributed by atoms with Gasteiger partial charge in [-0.2, -0.15) is 5.26 Å². The SMILES string of the molecule is Cc1ccc(C)c(NC(=O)CSC2=C(C#N)[C@@H](c3ccc(Cl)cc3)CC(=O)N2)c1. The molecule has 3 rings (SSSR count). The number of benzene rings is 2. The molecule has 7 heteroatoms. The number of carbonyl (C=O) groups is 2.